The number of alkyl carbamates (subject to hydrolysis) is 1. The zero-order chi connectivity index (χ0) is 24.8. The fourth-order valence-electron chi connectivity index (χ4n) is 5.27. The molecule has 0 aliphatic heterocycles. The number of carbonyl (C=O) groups is 3. The SMILES string of the molecule is CCC(CCC(=O)NC1CCC(C(=O)O)CC1)NC(=O)OCC1c2ccccc2-c2ccccc21. The lowest BCUT2D eigenvalue weighted by molar-refractivity contribution is -0.142. The van der Waals surface area contributed by atoms with Crippen LogP contribution < -0.4 is 10.6 Å². The molecule has 2 aromatic rings. The third kappa shape index (κ3) is 6.02. The molecule has 0 radical (unpaired) electrons. The van der Waals surface area contributed by atoms with Crippen molar-refractivity contribution in [2.45, 2.75) is 69.9 Å². The van der Waals surface area contributed by atoms with Crippen LogP contribution in [0, 0.1) is 5.92 Å². The Balaban J connectivity index is 1.22. The van der Waals surface area contributed by atoms with Gasteiger partial charge in [0.15, 0.2) is 0 Å². The Morgan fingerprint density at radius 3 is 2.14 bits per heavy atom. The van der Waals surface area contributed by atoms with Crippen LogP contribution in [0.25, 0.3) is 11.1 Å². The van der Waals surface area contributed by atoms with Crippen LogP contribution in [0.15, 0.2) is 48.5 Å². The summed E-state index contributed by atoms with van der Waals surface area (Å²) in [6.07, 6.45) is 3.64. The molecule has 1 unspecified atom stereocenters. The first-order chi connectivity index (χ1) is 17.0. The van der Waals surface area contributed by atoms with Crippen molar-refractivity contribution in [1.82, 2.24) is 10.6 Å². The zero-order valence-corrected chi connectivity index (χ0v) is 20.2. The second-order valence-corrected chi connectivity index (χ2v) is 9.57. The van der Waals surface area contributed by atoms with Crippen LogP contribution in [0.2, 0.25) is 0 Å². The number of nitrogens with one attached hydrogen (secondary N) is 2. The summed E-state index contributed by atoms with van der Waals surface area (Å²) in [6, 6.07) is 16.3. The van der Waals surface area contributed by atoms with Gasteiger partial charge in [0.1, 0.15) is 6.61 Å². The van der Waals surface area contributed by atoms with Crippen molar-refractivity contribution in [1.29, 1.82) is 0 Å². The van der Waals surface area contributed by atoms with Gasteiger partial charge in [-0.05, 0) is 60.8 Å². The first-order valence-corrected chi connectivity index (χ1v) is 12.6. The highest BCUT2D eigenvalue weighted by atomic mass is 16.5. The van der Waals surface area contributed by atoms with E-state index >= 15 is 0 Å². The minimum atomic E-state index is -0.750. The summed E-state index contributed by atoms with van der Waals surface area (Å²) in [5, 5.41) is 15.0. The molecule has 0 saturated heterocycles. The molecule has 3 N–H and O–H groups in total. The van der Waals surface area contributed by atoms with E-state index in [4.69, 9.17) is 9.84 Å². The van der Waals surface area contributed by atoms with Gasteiger partial charge in [-0.2, -0.15) is 0 Å². The number of carboxylic acids is 1. The molecule has 4 rings (SSSR count). The van der Waals surface area contributed by atoms with Gasteiger partial charge in [0, 0.05) is 24.4 Å². The summed E-state index contributed by atoms with van der Waals surface area (Å²) >= 11 is 0. The van der Waals surface area contributed by atoms with E-state index in [-0.39, 0.29) is 36.4 Å². The van der Waals surface area contributed by atoms with Gasteiger partial charge in [-0.3, -0.25) is 9.59 Å². The summed E-state index contributed by atoms with van der Waals surface area (Å²) in [5.41, 5.74) is 4.71. The monoisotopic (exact) mass is 478 g/mol. The average molecular weight is 479 g/mol. The Morgan fingerprint density at radius 1 is 0.971 bits per heavy atom. The molecule has 2 aliphatic rings. The molecular formula is C28H34N2O5. The van der Waals surface area contributed by atoms with E-state index in [1.165, 1.54) is 22.3 Å². The van der Waals surface area contributed by atoms with Crippen LogP contribution in [0.3, 0.4) is 0 Å². The van der Waals surface area contributed by atoms with Crippen molar-refractivity contribution in [3.63, 3.8) is 0 Å². The molecule has 1 saturated carbocycles. The normalized spacial score (nSPS) is 19.8. The van der Waals surface area contributed by atoms with E-state index in [2.05, 4.69) is 34.9 Å². The molecule has 7 heteroatoms. The van der Waals surface area contributed by atoms with Crippen LogP contribution in [0.4, 0.5) is 4.79 Å². The van der Waals surface area contributed by atoms with E-state index in [1.54, 1.807) is 0 Å². The highest BCUT2D eigenvalue weighted by molar-refractivity contribution is 5.79. The summed E-state index contributed by atoms with van der Waals surface area (Å²) in [5.74, 6) is -1.10. The van der Waals surface area contributed by atoms with Gasteiger partial charge >= 0.3 is 12.1 Å². The summed E-state index contributed by atoms with van der Waals surface area (Å²) in [4.78, 5) is 36.0. The minimum absolute atomic E-state index is 0.00946. The molecule has 0 heterocycles. The molecule has 7 nitrogen and oxygen atoms in total. The van der Waals surface area contributed by atoms with Crippen molar-refractivity contribution in [2.24, 2.45) is 5.92 Å². The van der Waals surface area contributed by atoms with Gasteiger partial charge < -0.3 is 20.5 Å². The van der Waals surface area contributed by atoms with E-state index < -0.39 is 12.1 Å². The Kier molecular flexibility index (Phi) is 8.06. The Bertz CT molecular complexity index is 1020. The summed E-state index contributed by atoms with van der Waals surface area (Å²) in [7, 11) is 0. The maximum atomic E-state index is 12.6. The molecule has 0 spiro atoms. The number of amides is 2. The number of carboxylic acid groups (broad SMARTS) is 1. The lowest BCUT2D eigenvalue weighted by Crippen LogP contribution is -2.40. The van der Waals surface area contributed by atoms with Gasteiger partial charge in [0.2, 0.25) is 5.91 Å². The molecule has 2 aromatic carbocycles. The van der Waals surface area contributed by atoms with Gasteiger partial charge in [0.25, 0.3) is 0 Å². The zero-order valence-electron chi connectivity index (χ0n) is 20.2. The highest BCUT2D eigenvalue weighted by Gasteiger charge is 2.29. The van der Waals surface area contributed by atoms with Crippen LogP contribution in [0.5, 0.6) is 0 Å². The third-order valence-electron chi connectivity index (χ3n) is 7.32. The number of benzene rings is 2. The lowest BCUT2D eigenvalue weighted by atomic mass is 9.86. The maximum absolute atomic E-state index is 12.6. The van der Waals surface area contributed by atoms with Crippen molar-refractivity contribution in [3.05, 3.63) is 59.7 Å². The molecule has 1 atom stereocenters. The second kappa shape index (κ2) is 11.4. The number of fused-ring (bicyclic) bond motifs is 3. The van der Waals surface area contributed by atoms with Crippen molar-refractivity contribution in [3.8, 4) is 11.1 Å². The maximum Gasteiger partial charge on any atom is 0.407 e. The number of aliphatic carboxylic acids is 1. The van der Waals surface area contributed by atoms with Gasteiger partial charge in [-0.25, -0.2) is 4.79 Å². The number of hydrogen-bond donors (Lipinski definition) is 3. The smallest absolute Gasteiger partial charge is 0.407 e. The van der Waals surface area contributed by atoms with Crippen LogP contribution in [-0.4, -0.2) is 41.8 Å². The topological polar surface area (TPSA) is 105 Å². The first kappa shape index (κ1) is 24.8. The minimum Gasteiger partial charge on any atom is -0.481 e. The third-order valence-corrected chi connectivity index (χ3v) is 7.32. The summed E-state index contributed by atoms with van der Waals surface area (Å²) < 4.78 is 5.63. The predicted octanol–water partition coefficient (Wildman–Crippen LogP) is 4.84. The Morgan fingerprint density at radius 2 is 1.57 bits per heavy atom. The molecule has 0 aromatic heterocycles. The van der Waals surface area contributed by atoms with Crippen LogP contribution in [0.1, 0.15) is 68.9 Å². The Hall–Kier alpha value is -3.35. The van der Waals surface area contributed by atoms with Crippen molar-refractivity contribution < 1.29 is 24.2 Å². The molecule has 35 heavy (non-hydrogen) atoms. The first-order valence-electron chi connectivity index (χ1n) is 12.6. The van der Waals surface area contributed by atoms with Gasteiger partial charge in [-0.15, -0.1) is 0 Å². The van der Waals surface area contributed by atoms with E-state index in [0.29, 0.717) is 44.9 Å². The number of carbonyl (C=O) groups excluding carboxylic acids is 2. The van der Waals surface area contributed by atoms with Crippen molar-refractivity contribution >= 4 is 18.0 Å². The molecule has 2 amide bonds. The van der Waals surface area contributed by atoms with Gasteiger partial charge in [0.05, 0.1) is 5.92 Å². The van der Waals surface area contributed by atoms with E-state index in [9.17, 15) is 14.4 Å². The largest absolute Gasteiger partial charge is 0.481 e. The van der Waals surface area contributed by atoms with Crippen LogP contribution >= 0.6 is 0 Å². The second-order valence-electron chi connectivity index (χ2n) is 9.57. The predicted molar refractivity (Wildman–Crippen MR) is 133 cm³/mol. The number of ether oxygens (including phenoxy) is 1. The fourth-order valence-corrected chi connectivity index (χ4v) is 5.27. The van der Waals surface area contributed by atoms with E-state index in [0.717, 1.165) is 0 Å². The van der Waals surface area contributed by atoms with E-state index in [1.807, 2.05) is 31.2 Å². The number of hydrogen-bond acceptors (Lipinski definition) is 4. The standard InChI is InChI=1S/C28H34N2O5/c1-2-19(15-16-26(31)29-20-13-11-18(12-14-20)27(32)33)30-28(34)35-17-25-23-9-5-3-7-21(23)22-8-4-6-10-24(22)25/h3-10,18-20,25H,2,11-17H2,1H3,(H,29,31)(H,30,34)(H,32,33). The summed E-state index contributed by atoms with van der Waals surface area (Å²) in [6.45, 7) is 2.23. The average Bonchev–Trinajstić information content (AvgIpc) is 3.19. The molecule has 0 bridgehead atoms. The molecule has 1 fully saturated rings. The fraction of sp³-hybridized carbons (Fsp3) is 0.464. The highest BCUT2D eigenvalue weighted by Crippen LogP contribution is 2.44. The number of rotatable bonds is 9. The molecular weight excluding hydrogens is 444 g/mol. The van der Waals surface area contributed by atoms with Crippen LogP contribution in [-0.2, 0) is 14.3 Å². The van der Waals surface area contributed by atoms with Gasteiger partial charge in [-0.1, -0.05) is 55.5 Å². The lowest BCUT2D eigenvalue weighted by Gasteiger charge is -2.27. The van der Waals surface area contributed by atoms with Crippen molar-refractivity contribution in [2.75, 3.05) is 6.61 Å². The quantitative estimate of drug-likeness (QED) is 0.478. The Labute approximate surface area is 206 Å². The molecule has 186 valence electrons. The molecule has 2 aliphatic carbocycles.